The van der Waals surface area contributed by atoms with E-state index in [-0.39, 0.29) is 21.9 Å². The van der Waals surface area contributed by atoms with E-state index in [0.717, 1.165) is 11.3 Å². The van der Waals surface area contributed by atoms with Gasteiger partial charge in [-0.15, -0.1) is 11.3 Å². The first kappa shape index (κ1) is 19.1. The molecule has 0 fully saturated rings. The van der Waals surface area contributed by atoms with Gasteiger partial charge in [0, 0.05) is 21.7 Å². The fourth-order valence-electron chi connectivity index (χ4n) is 2.26. The summed E-state index contributed by atoms with van der Waals surface area (Å²) in [5.41, 5.74) is 0.643. The van der Waals surface area contributed by atoms with Crippen molar-refractivity contribution in [3.63, 3.8) is 0 Å². The summed E-state index contributed by atoms with van der Waals surface area (Å²) in [6.45, 7) is 0. The highest BCUT2D eigenvalue weighted by molar-refractivity contribution is 7.07. The van der Waals surface area contributed by atoms with Gasteiger partial charge in [-0.25, -0.2) is 4.79 Å². The summed E-state index contributed by atoms with van der Waals surface area (Å²) in [6.07, 6.45) is 2.88. The maximum absolute atomic E-state index is 12.3. The van der Waals surface area contributed by atoms with Crippen LogP contribution in [0.3, 0.4) is 0 Å². The molecule has 0 aliphatic heterocycles. The molecule has 3 rings (SSSR count). The molecule has 5 nitrogen and oxygen atoms in total. The molecule has 0 unspecified atom stereocenters. The molecule has 0 radical (unpaired) electrons. The zero-order chi connectivity index (χ0) is 19.6. The minimum absolute atomic E-state index is 0.0554. The molecule has 0 aliphatic carbocycles. The van der Waals surface area contributed by atoms with Crippen LogP contribution in [0.5, 0.6) is 0 Å². The van der Waals surface area contributed by atoms with Crippen molar-refractivity contribution in [2.75, 3.05) is 0 Å². The Morgan fingerprint density at radius 1 is 1.04 bits per heavy atom. The molecule has 2 N–H and O–H groups in total. The van der Waals surface area contributed by atoms with Gasteiger partial charge >= 0.3 is 5.97 Å². The number of ketones is 1. The van der Waals surface area contributed by atoms with E-state index < -0.39 is 5.97 Å². The second kappa shape index (κ2) is 7.92. The Labute approximate surface area is 166 Å². The third kappa shape index (κ3) is 4.54. The fourth-order valence-corrected chi connectivity index (χ4v) is 3.50. The van der Waals surface area contributed by atoms with Crippen molar-refractivity contribution in [1.29, 1.82) is 0 Å². The van der Waals surface area contributed by atoms with Crippen LogP contribution < -0.4 is 14.8 Å². The number of carboxylic acids is 1. The Morgan fingerprint density at radius 3 is 2.33 bits per heavy atom. The summed E-state index contributed by atoms with van der Waals surface area (Å²) in [7, 11) is 0. The number of hydrogen-bond acceptors (Lipinski definition) is 4. The van der Waals surface area contributed by atoms with Crippen LogP contribution >= 0.6 is 34.5 Å². The lowest BCUT2D eigenvalue weighted by atomic mass is 10.1. The van der Waals surface area contributed by atoms with E-state index in [0.29, 0.717) is 25.3 Å². The molecule has 2 aromatic carbocycles. The second-order valence-electron chi connectivity index (χ2n) is 5.49. The second-order valence-corrected chi connectivity index (χ2v) is 7.41. The Balaban J connectivity index is 1.98. The van der Waals surface area contributed by atoms with E-state index in [1.165, 1.54) is 24.3 Å². The molecule has 0 saturated carbocycles. The zero-order valence-electron chi connectivity index (χ0n) is 13.5. The van der Waals surface area contributed by atoms with Gasteiger partial charge in [0.15, 0.2) is 5.78 Å². The number of carbonyl (C=O) groups excluding carboxylic acids is 1. The summed E-state index contributed by atoms with van der Waals surface area (Å²) in [4.78, 5) is 38.0. The number of aromatic amines is 1. The number of H-pyrrole nitrogens is 1. The summed E-state index contributed by atoms with van der Waals surface area (Å²) >= 11 is 13.0. The Morgan fingerprint density at radius 2 is 1.70 bits per heavy atom. The molecule has 0 atom stereocenters. The number of aromatic carboxylic acids is 1. The van der Waals surface area contributed by atoms with Crippen LogP contribution in [0.25, 0.3) is 12.2 Å². The summed E-state index contributed by atoms with van der Waals surface area (Å²) in [6, 6.07) is 10.7. The smallest absolute Gasteiger partial charge is 0.335 e. The first-order chi connectivity index (χ1) is 12.8. The zero-order valence-corrected chi connectivity index (χ0v) is 15.9. The van der Waals surface area contributed by atoms with Gasteiger partial charge in [-0.3, -0.25) is 9.59 Å². The van der Waals surface area contributed by atoms with Crippen LogP contribution in [0.15, 0.2) is 47.3 Å². The van der Waals surface area contributed by atoms with Crippen molar-refractivity contribution in [2.24, 2.45) is 0 Å². The van der Waals surface area contributed by atoms with Crippen molar-refractivity contribution in [3.8, 4) is 0 Å². The first-order valence-corrected chi connectivity index (χ1v) is 9.16. The molecule has 0 aliphatic rings. The highest BCUT2D eigenvalue weighted by Gasteiger charge is 2.07. The van der Waals surface area contributed by atoms with Gasteiger partial charge in [-0.1, -0.05) is 29.3 Å². The number of carbonyl (C=O) groups is 2. The van der Waals surface area contributed by atoms with Gasteiger partial charge in [0.05, 0.1) is 14.8 Å². The highest BCUT2D eigenvalue weighted by Crippen LogP contribution is 2.18. The molecule has 0 spiro atoms. The molecular weight excluding hydrogens is 409 g/mol. The molecule has 0 saturated heterocycles. The highest BCUT2D eigenvalue weighted by atomic mass is 35.5. The number of benzene rings is 2. The third-order valence-electron chi connectivity index (χ3n) is 3.61. The average molecular weight is 420 g/mol. The Bertz CT molecular complexity index is 1210. The Kier molecular flexibility index (Phi) is 5.60. The lowest BCUT2D eigenvalue weighted by molar-refractivity contribution is 0.0696. The number of hydrogen-bond donors (Lipinski definition) is 2. The van der Waals surface area contributed by atoms with E-state index in [9.17, 15) is 14.4 Å². The summed E-state index contributed by atoms with van der Waals surface area (Å²) < 4.78 is 0.736. The van der Waals surface area contributed by atoms with E-state index in [4.69, 9.17) is 28.3 Å². The lowest BCUT2D eigenvalue weighted by Gasteiger charge is -1.99. The van der Waals surface area contributed by atoms with Gasteiger partial charge < -0.3 is 10.1 Å². The number of Topliss-reactive ketones (excluding diaryl/α,β-unsaturated/α-hetero) is 1. The fraction of sp³-hybridized carbons (Fsp3) is 0. The monoisotopic (exact) mass is 419 g/mol. The number of rotatable bonds is 4. The number of carboxylic acid groups (broad SMARTS) is 1. The number of aromatic nitrogens is 1. The molecule has 8 heteroatoms. The number of thiazole rings is 1. The van der Waals surface area contributed by atoms with Gasteiger partial charge in [-0.05, 0) is 48.0 Å². The van der Waals surface area contributed by atoms with Crippen LogP contribution in [0.2, 0.25) is 10.0 Å². The van der Waals surface area contributed by atoms with Crippen molar-refractivity contribution in [2.45, 2.75) is 0 Å². The van der Waals surface area contributed by atoms with Crippen LogP contribution in [-0.4, -0.2) is 21.8 Å². The lowest BCUT2D eigenvalue weighted by Crippen LogP contribution is -2.20. The van der Waals surface area contributed by atoms with Gasteiger partial charge in [0.2, 0.25) is 0 Å². The number of halogens is 2. The predicted octanol–water partition coefficient (Wildman–Crippen LogP) is 2.93. The summed E-state index contributed by atoms with van der Waals surface area (Å²) in [5.74, 6) is -1.35. The van der Waals surface area contributed by atoms with E-state index in [1.54, 1.807) is 30.3 Å². The summed E-state index contributed by atoms with van der Waals surface area (Å²) in [5, 5.41) is 9.71. The van der Waals surface area contributed by atoms with E-state index >= 15 is 0 Å². The maximum atomic E-state index is 12.3. The molecule has 0 bridgehead atoms. The Hall–Kier alpha value is -2.67. The molecule has 27 heavy (non-hydrogen) atoms. The van der Waals surface area contributed by atoms with Gasteiger partial charge in [0.25, 0.3) is 5.56 Å². The van der Waals surface area contributed by atoms with Crippen molar-refractivity contribution >= 4 is 58.4 Å². The topological polar surface area (TPSA) is 87.2 Å². The van der Waals surface area contributed by atoms with Crippen LogP contribution in [-0.2, 0) is 0 Å². The average Bonchev–Trinajstić information content (AvgIpc) is 2.96. The quantitative estimate of drug-likeness (QED) is 0.636. The minimum Gasteiger partial charge on any atom is -0.478 e. The normalized spacial score (nSPS) is 12.4. The molecule has 1 heterocycles. The largest absolute Gasteiger partial charge is 0.478 e. The van der Waals surface area contributed by atoms with Crippen molar-refractivity contribution < 1.29 is 14.7 Å². The standard InChI is InChI=1S/C19H11Cl2NO4S/c20-13-5-3-10(4-6-13)15(23)9-17-22-18(24)16(27-17)8-11-1-2-12(19(25)26)7-14(11)21/h1-9H,(H,22,24)(H,25,26)/b16-8+,17-9-. The third-order valence-corrected chi connectivity index (χ3v) is 5.15. The molecular formula is C19H11Cl2NO4S. The van der Waals surface area contributed by atoms with E-state index in [2.05, 4.69) is 4.98 Å². The molecule has 3 aromatic rings. The van der Waals surface area contributed by atoms with Crippen molar-refractivity contribution in [1.82, 2.24) is 4.98 Å². The van der Waals surface area contributed by atoms with Crippen LogP contribution in [0, 0.1) is 0 Å². The molecule has 136 valence electrons. The van der Waals surface area contributed by atoms with E-state index in [1.807, 2.05) is 0 Å². The maximum Gasteiger partial charge on any atom is 0.335 e. The SMILES string of the molecule is O=C(O)c1ccc(/C=c2/s/c(=C\C(=O)c3ccc(Cl)cc3)[nH]c2=O)c(Cl)c1. The molecule has 0 amide bonds. The van der Waals surface area contributed by atoms with Crippen LogP contribution in [0.4, 0.5) is 0 Å². The van der Waals surface area contributed by atoms with Crippen molar-refractivity contribution in [3.05, 3.63) is 88.7 Å². The first-order valence-electron chi connectivity index (χ1n) is 7.59. The predicted molar refractivity (Wildman–Crippen MR) is 106 cm³/mol. The number of nitrogens with one attached hydrogen (secondary N) is 1. The molecule has 1 aromatic heterocycles. The van der Waals surface area contributed by atoms with Gasteiger partial charge in [-0.2, -0.15) is 0 Å². The van der Waals surface area contributed by atoms with Gasteiger partial charge in [0.1, 0.15) is 0 Å². The minimum atomic E-state index is -1.09. The van der Waals surface area contributed by atoms with Crippen LogP contribution in [0.1, 0.15) is 26.3 Å².